The van der Waals surface area contributed by atoms with Gasteiger partial charge in [0.05, 0.1) is 5.75 Å². The molecule has 1 saturated carbocycles. The molecule has 1 fully saturated rings. The van der Waals surface area contributed by atoms with E-state index in [4.69, 9.17) is 0 Å². The number of hydrogen-bond acceptors (Lipinski definition) is 3. The van der Waals surface area contributed by atoms with E-state index in [1.165, 1.54) is 11.1 Å². The second kappa shape index (κ2) is 11.7. The van der Waals surface area contributed by atoms with Crippen molar-refractivity contribution in [2.75, 3.05) is 5.75 Å². The fourth-order valence-corrected chi connectivity index (χ4v) is 5.02. The van der Waals surface area contributed by atoms with Crippen molar-refractivity contribution in [3.8, 4) is 0 Å². The summed E-state index contributed by atoms with van der Waals surface area (Å²) in [5.74, 6) is 1.07. The van der Waals surface area contributed by atoms with E-state index in [2.05, 4.69) is 46.4 Å². The maximum Gasteiger partial charge on any atom is 0.242 e. The van der Waals surface area contributed by atoms with Gasteiger partial charge in [-0.1, -0.05) is 70.7 Å². The van der Waals surface area contributed by atoms with Gasteiger partial charge in [-0.25, -0.2) is 0 Å². The molecule has 6 heteroatoms. The van der Waals surface area contributed by atoms with Crippen LogP contribution in [0.1, 0.15) is 49.3 Å². The summed E-state index contributed by atoms with van der Waals surface area (Å²) in [4.78, 5) is 27.8. The first-order chi connectivity index (χ1) is 14.9. The second-order valence-corrected chi connectivity index (χ2v) is 10.2. The number of amides is 2. The molecule has 1 aliphatic carbocycles. The van der Waals surface area contributed by atoms with Crippen LogP contribution in [0.15, 0.2) is 53.0 Å². The average molecular weight is 504 g/mol. The predicted molar refractivity (Wildman–Crippen MR) is 132 cm³/mol. The van der Waals surface area contributed by atoms with Gasteiger partial charge in [-0.05, 0) is 49.9 Å². The highest BCUT2D eigenvalue weighted by molar-refractivity contribution is 9.10. The summed E-state index contributed by atoms with van der Waals surface area (Å²) in [6.07, 6.45) is 4.39. The number of carbonyl (C=O) groups is 2. The number of aryl methyl sites for hydroxylation is 1. The number of benzene rings is 2. The maximum absolute atomic E-state index is 13.2. The molecule has 2 aromatic rings. The van der Waals surface area contributed by atoms with E-state index in [0.717, 1.165) is 41.5 Å². The lowest BCUT2D eigenvalue weighted by molar-refractivity contribution is -0.138. The van der Waals surface area contributed by atoms with Crippen LogP contribution in [-0.2, 0) is 21.9 Å². The fraction of sp³-hybridized carbons (Fsp3) is 0.440. The van der Waals surface area contributed by atoms with Gasteiger partial charge < -0.3 is 10.2 Å². The van der Waals surface area contributed by atoms with Gasteiger partial charge in [0.15, 0.2) is 0 Å². The van der Waals surface area contributed by atoms with E-state index in [1.807, 2.05) is 37.3 Å². The Hall–Kier alpha value is -1.79. The molecule has 0 spiro atoms. The summed E-state index contributed by atoms with van der Waals surface area (Å²) in [5.41, 5.74) is 3.45. The third kappa shape index (κ3) is 7.39. The Labute approximate surface area is 198 Å². The monoisotopic (exact) mass is 502 g/mol. The minimum atomic E-state index is -0.503. The molecule has 4 nitrogen and oxygen atoms in total. The Balaban J connectivity index is 1.64. The number of hydrogen-bond donors (Lipinski definition) is 1. The third-order valence-corrected chi connectivity index (χ3v) is 7.23. The molecule has 3 rings (SSSR count). The Morgan fingerprint density at radius 3 is 2.52 bits per heavy atom. The van der Waals surface area contributed by atoms with Crippen molar-refractivity contribution in [1.29, 1.82) is 0 Å². The lowest BCUT2D eigenvalue weighted by Crippen LogP contribution is -2.50. The molecular formula is C25H31BrN2O2S. The van der Waals surface area contributed by atoms with Crippen LogP contribution in [0.4, 0.5) is 0 Å². The lowest BCUT2D eigenvalue weighted by atomic mass is 10.1. The molecule has 0 radical (unpaired) electrons. The summed E-state index contributed by atoms with van der Waals surface area (Å²) >= 11 is 5.05. The minimum Gasteiger partial charge on any atom is -0.352 e. The van der Waals surface area contributed by atoms with E-state index in [9.17, 15) is 9.59 Å². The van der Waals surface area contributed by atoms with Gasteiger partial charge in [-0.2, -0.15) is 0 Å². The van der Waals surface area contributed by atoms with E-state index in [-0.39, 0.29) is 17.9 Å². The smallest absolute Gasteiger partial charge is 0.242 e. The molecule has 1 atom stereocenters. The van der Waals surface area contributed by atoms with Crippen LogP contribution >= 0.6 is 27.7 Å². The molecule has 2 aromatic carbocycles. The van der Waals surface area contributed by atoms with Crippen LogP contribution in [-0.4, -0.2) is 34.6 Å². The lowest BCUT2D eigenvalue weighted by Gasteiger charge is -2.29. The Kier molecular flexibility index (Phi) is 9.02. The molecule has 0 bridgehead atoms. The zero-order chi connectivity index (χ0) is 22.2. The van der Waals surface area contributed by atoms with Gasteiger partial charge in [0, 0.05) is 22.8 Å². The molecule has 0 aromatic heterocycles. The maximum atomic E-state index is 13.2. The van der Waals surface area contributed by atoms with Gasteiger partial charge >= 0.3 is 0 Å². The minimum absolute atomic E-state index is 0.00496. The van der Waals surface area contributed by atoms with Gasteiger partial charge in [-0.3, -0.25) is 9.59 Å². The van der Waals surface area contributed by atoms with Gasteiger partial charge in [0.1, 0.15) is 6.04 Å². The molecule has 1 N–H and O–H groups in total. The van der Waals surface area contributed by atoms with Crippen LogP contribution in [0.25, 0.3) is 0 Å². The highest BCUT2D eigenvalue weighted by Crippen LogP contribution is 2.20. The average Bonchev–Trinajstić information content (AvgIpc) is 3.26. The summed E-state index contributed by atoms with van der Waals surface area (Å²) in [6.45, 7) is 4.34. The fourth-order valence-electron chi connectivity index (χ4n) is 3.90. The van der Waals surface area contributed by atoms with Crippen LogP contribution in [0.3, 0.4) is 0 Å². The summed E-state index contributed by atoms with van der Waals surface area (Å²) in [6, 6.07) is 16.0. The topological polar surface area (TPSA) is 49.4 Å². The van der Waals surface area contributed by atoms with Crippen molar-refractivity contribution in [3.63, 3.8) is 0 Å². The van der Waals surface area contributed by atoms with Crippen LogP contribution in [0, 0.1) is 6.92 Å². The van der Waals surface area contributed by atoms with E-state index in [1.54, 1.807) is 16.7 Å². The van der Waals surface area contributed by atoms with Crippen LogP contribution in [0.5, 0.6) is 0 Å². The quantitative estimate of drug-likeness (QED) is 0.494. The molecular weight excluding hydrogens is 472 g/mol. The molecule has 1 aliphatic rings. The van der Waals surface area contributed by atoms with Gasteiger partial charge in [-0.15, -0.1) is 11.8 Å². The second-order valence-electron chi connectivity index (χ2n) is 8.30. The molecule has 0 saturated heterocycles. The number of nitrogens with zero attached hydrogens (tertiary/aromatic N) is 1. The van der Waals surface area contributed by atoms with Crippen molar-refractivity contribution < 1.29 is 9.59 Å². The number of halogens is 1. The molecule has 0 heterocycles. The zero-order valence-electron chi connectivity index (χ0n) is 18.3. The summed E-state index contributed by atoms with van der Waals surface area (Å²) < 4.78 is 0.995. The normalized spacial score (nSPS) is 14.9. The van der Waals surface area contributed by atoms with Crippen molar-refractivity contribution in [3.05, 3.63) is 69.7 Å². The zero-order valence-corrected chi connectivity index (χ0v) is 20.7. The van der Waals surface area contributed by atoms with Crippen LogP contribution in [0.2, 0.25) is 0 Å². The number of carbonyl (C=O) groups excluding carboxylic acids is 2. The number of rotatable bonds is 9. The number of thioether (sulfide) groups is 1. The third-order valence-electron chi connectivity index (χ3n) is 5.71. The molecule has 166 valence electrons. The first-order valence-electron chi connectivity index (χ1n) is 10.9. The molecule has 0 unspecified atom stereocenters. The summed E-state index contributed by atoms with van der Waals surface area (Å²) in [7, 11) is 0. The highest BCUT2D eigenvalue weighted by atomic mass is 79.9. The molecule has 31 heavy (non-hydrogen) atoms. The van der Waals surface area contributed by atoms with Gasteiger partial charge in [0.25, 0.3) is 0 Å². The van der Waals surface area contributed by atoms with Crippen molar-refractivity contribution >= 4 is 39.5 Å². The predicted octanol–water partition coefficient (Wildman–Crippen LogP) is 5.47. The SMILES string of the molecule is Cc1cccc(CSCC(=O)N(Cc2ccc(Br)cc2)[C@H](C)C(=O)NC2CCCC2)c1. The highest BCUT2D eigenvalue weighted by Gasteiger charge is 2.28. The van der Waals surface area contributed by atoms with E-state index < -0.39 is 6.04 Å². The van der Waals surface area contributed by atoms with E-state index >= 15 is 0 Å². The first kappa shape index (κ1) is 23.9. The number of nitrogens with one attached hydrogen (secondary N) is 1. The Bertz CT molecular complexity index is 881. The Morgan fingerprint density at radius 1 is 1.13 bits per heavy atom. The first-order valence-corrected chi connectivity index (χ1v) is 12.8. The van der Waals surface area contributed by atoms with Crippen molar-refractivity contribution in [2.24, 2.45) is 0 Å². The van der Waals surface area contributed by atoms with Crippen LogP contribution < -0.4 is 5.32 Å². The Morgan fingerprint density at radius 2 is 1.84 bits per heavy atom. The largest absolute Gasteiger partial charge is 0.352 e. The summed E-state index contributed by atoms with van der Waals surface area (Å²) in [5, 5.41) is 3.15. The molecule has 2 amide bonds. The van der Waals surface area contributed by atoms with E-state index in [0.29, 0.717) is 12.3 Å². The molecule has 0 aliphatic heterocycles. The van der Waals surface area contributed by atoms with Gasteiger partial charge in [0.2, 0.25) is 11.8 Å². The van der Waals surface area contributed by atoms with Crippen molar-refractivity contribution in [1.82, 2.24) is 10.2 Å². The standard InChI is InChI=1S/C25H31BrN2O2S/c1-18-6-5-7-21(14-18)16-31-17-24(29)28(15-20-10-12-22(26)13-11-20)19(2)25(30)27-23-8-3-4-9-23/h5-7,10-14,19,23H,3-4,8-9,15-17H2,1-2H3,(H,27,30)/t19-/m1/s1. The van der Waals surface area contributed by atoms with Crippen molar-refractivity contribution in [2.45, 2.75) is 63.9 Å².